The summed E-state index contributed by atoms with van der Waals surface area (Å²) in [5, 5.41) is 2.90. The van der Waals surface area contributed by atoms with Gasteiger partial charge in [-0.1, -0.05) is 6.07 Å². The standard InChI is InChI=1S/C21H20N2O7S2/c1-2-30-21(27)18-14-8-9-32(28,29)11-15(14)31-20(18)22-19(26)12-4-3-5-13(10-12)23-16(24)6-7-17(23)25/h3-5,10H,2,6-9,11H2,1H3,(H,22,26). The van der Waals surface area contributed by atoms with Crippen molar-refractivity contribution in [1.29, 1.82) is 0 Å². The van der Waals surface area contributed by atoms with Crippen LogP contribution < -0.4 is 10.2 Å². The maximum atomic E-state index is 13.0. The lowest BCUT2D eigenvalue weighted by molar-refractivity contribution is -0.121. The van der Waals surface area contributed by atoms with Crippen LogP contribution in [0.2, 0.25) is 0 Å². The van der Waals surface area contributed by atoms with Gasteiger partial charge in [-0.05, 0) is 37.1 Å². The number of nitrogens with one attached hydrogen (secondary N) is 1. The summed E-state index contributed by atoms with van der Waals surface area (Å²) in [4.78, 5) is 51.1. The van der Waals surface area contributed by atoms with Crippen molar-refractivity contribution >= 4 is 55.6 Å². The number of rotatable bonds is 5. The normalized spacial score (nSPS) is 17.2. The van der Waals surface area contributed by atoms with Crippen molar-refractivity contribution in [3.63, 3.8) is 0 Å². The number of fused-ring (bicyclic) bond motifs is 1. The quantitative estimate of drug-likeness (QED) is 0.518. The van der Waals surface area contributed by atoms with Crippen LogP contribution in [0.15, 0.2) is 24.3 Å². The van der Waals surface area contributed by atoms with Crippen LogP contribution >= 0.6 is 11.3 Å². The number of anilines is 2. The summed E-state index contributed by atoms with van der Waals surface area (Å²) < 4.78 is 29.2. The highest BCUT2D eigenvalue weighted by atomic mass is 32.2. The van der Waals surface area contributed by atoms with Gasteiger partial charge < -0.3 is 10.1 Å². The molecule has 0 atom stereocenters. The third kappa shape index (κ3) is 4.17. The zero-order valence-corrected chi connectivity index (χ0v) is 18.8. The molecule has 0 unspecified atom stereocenters. The predicted octanol–water partition coefficient (Wildman–Crippen LogP) is 2.30. The van der Waals surface area contributed by atoms with E-state index in [1.54, 1.807) is 19.1 Å². The number of hydrogen-bond donors (Lipinski definition) is 1. The summed E-state index contributed by atoms with van der Waals surface area (Å²) in [6, 6.07) is 6.07. The van der Waals surface area contributed by atoms with Gasteiger partial charge in [-0.25, -0.2) is 13.2 Å². The van der Waals surface area contributed by atoms with Crippen LogP contribution in [-0.4, -0.2) is 44.5 Å². The van der Waals surface area contributed by atoms with E-state index in [0.717, 1.165) is 16.2 Å². The van der Waals surface area contributed by atoms with Gasteiger partial charge in [0, 0.05) is 23.3 Å². The Balaban J connectivity index is 1.66. The van der Waals surface area contributed by atoms with E-state index in [1.165, 1.54) is 12.1 Å². The van der Waals surface area contributed by atoms with Gasteiger partial charge in [-0.15, -0.1) is 11.3 Å². The maximum Gasteiger partial charge on any atom is 0.341 e. The summed E-state index contributed by atoms with van der Waals surface area (Å²) in [7, 11) is -3.27. The Bertz CT molecular complexity index is 1230. The third-order valence-corrected chi connectivity index (χ3v) is 8.11. The number of nitrogens with zero attached hydrogens (tertiary/aromatic N) is 1. The van der Waals surface area contributed by atoms with E-state index < -0.39 is 21.7 Å². The molecule has 1 aromatic carbocycles. The molecule has 0 aliphatic carbocycles. The highest BCUT2D eigenvalue weighted by molar-refractivity contribution is 7.90. The minimum atomic E-state index is -3.27. The molecular formula is C21H20N2O7S2. The number of imide groups is 1. The van der Waals surface area contributed by atoms with E-state index in [-0.39, 0.29) is 65.3 Å². The fraction of sp³-hybridized carbons (Fsp3) is 0.333. The molecule has 0 saturated carbocycles. The third-order valence-electron chi connectivity index (χ3n) is 5.23. The molecule has 1 fully saturated rings. The second-order valence-electron chi connectivity index (χ2n) is 7.40. The average molecular weight is 477 g/mol. The number of hydrogen-bond acceptors (Lipinski definition) is 8. The van der Waals surface area contributed by atoms with Crippen molar-refractivity contribution in [3.05, 3.63) is 45.8 Å². The molecule has 4 rings (SSSR count). The van der Waals surface area contributed by atoms with E-state index in [9.17, 15) is 27.6 Å². The van der Waals surface area contributed by atoms with Crippen molar-refractivity contribution in [3.8, 4) is 0 Å². The molecule has 0 spiro atoms. The lowest BCUT2D eigenvalue weighted by Gasteiger charge is -2.15. The average Bonchev–Trinajstić information content (AvgIpc) is 3.25. The van der Waals surface area contributed by atoms with E-state index in [2.05, 4.69) is 5.32 Å². The van der Waals surface area contributed by atoms with Crippen LogP contribution in [0.1, 0.15) is 50.9 Å². The molecule has 0 radical (unpaired) electrons. The molecule has 11 heteroatoms. The Morgan fingerprint density at radius 1 is 1.16 bits per heavy atom. The molecule has 168 valence electrons. The molecule has 0 bridgehead atoms. The van der Waals surface area contributed by atoms with Gasteiger partial charge in [0.25, 0.3) is 5.91 Å². The Kier molecular flexibility index (Phi) is 5.87. The van der Waals surface area contributed by atoms with Gasteiger partial charge in [0.1, 0.15) is 5.00 Å². The van der Waals surface area contributed by atoms with E-state index in [0.29, 0.717) is 16.1 Å². The number of carbonyl (C=O) groups is 4. The minimum absolute atomic E-state index is 0.0730. The van der Waals surface area contributed by atoms with Gasteiger partial charge in [0.2, 0.25) is 11.8 Å². The van der Waals surface area contributed by atoms with E-state index in [4.69, 9.17) is 4.74 Å². The van der Waals surface area contributed by atoms with E-state index in [1.807, 2.05) is 0 Å². The van der Waals surface area contributed by atoms with Crippen LogP contribution in [0, 0.1) is 0 Å². The molecule has 9 nitrogen and oxygen atoms in total. The van der Waals surface area contributed by atoms with Gasteiger partial charge in [0.15, 0.2) is 9.84 Å². The van der Waals surface area contributed by atoms with Crippen LogP contribution in [0.4, 0.5) is 10.7 Å². The first-order valence-corrected chi connectivity index (χ1v) is 12.6. The first-order chi connectivity index (χ1) is 15.2. The van der Waals surface area contributed by atoms with Crippen LogP contribution in [-0.2, 0) is 36.3 Å². The fourth-order valence-corrected chi connectivity index (χ4v) is 6.79. The first-order valence-electron chi connectivity index (χ1n) is 9.99. The Morgan fingerprint density at radius 3 is 2.56 bits per heavy atom. The Hall–Kier alpha value is -3.05. The summed E-state index contributed by atoms with van der Waals surface area (Å²) in [6.45, 7) is 1.79. The van der Waals surface area contributed by atoms with Gasteiger partial charge in [-0.2, -0.15) is 0 Å². The molecule has 32 heavy (non-hydrogen) atoms. The van der Waals surface area contributed by atoms with Gasteiger partial charge in [-0.3, -0.25) is 19.3 Å². The molecule has 2 aliphatic heterocycles. The molecule has 2 aliphatic rings. The van der Waals surface area contributed by atoms with Crippen molar-refractivity contribution in [1.82, 2.24) is 0 Å². The summed E-state index contributed by atoms with van der Waals surface area (Å²) in [5.74, 6) is -2.10. The zero-order chi connectivity index (χ0) is 23.0. The second kappa shape index (κ2) is 8.47. The largest absolute Gasteiger partial charge is 0.462 e. The monoisotopic (exact) mass is 476 g/mol. The number of sulfone groups is 1. The topological polar surface area (TPSA) is 127 Å². The second-order valence-corrected chi connectivity index (χ2v) is 10.7. The number of ether oxygens (including phenoxy) is 1. The van der Waals surface area contributed by atoms with Crippen molar-refractivity contribution < 1.29 is 32.3 Å². The predicted molar refractivity (Wildman–Crippen MR) is 118 cm³/mol. The van der Waals surface area contributed by atoms with Gasteiger partial charge >= 0.3 is 5.97 Å². The number of amides is 3. The summed E-state index contributed by atoms with van der Waals surface area (Å²) >= 11 is 1.04. The SMILES string of the molecule is CCOC(=O)c1c(NC(=O)c2cccc(N3C(=O)CCC3=O)c2)sc2c1CCS(=O)(=O)C2. The molecule has 2 aromatic rings. The highest BCUT2D eigenvalue weighted by Gasteiger charge is 2.33. The molecule has 1 saturated heterocycles. The Labute approximate surface area is 188 Å². The smallest absolute Gasteiger partial charge is 0.341 e. The fourth-order valence-electron chi connectivity index (χ4n) is 3.76. The van der Waals surface area contributed by atoms with Gasteiger partial charge in [0.05, 0.1) is 29.4 Å². The van der Waals surface area contributed by atoms with Crippen LogP contribution in [0.25, 0.3) is 0 Å². The number of carbonyl (C=O) groups excluding carboxylic acids is 4. The highest BCUT2D eigenvalue weighted by Crippen LogP contribution is 2.38. The number of benzene rings is 1. The molecule has 3 amide bonds. The number of esters is 1. The van der Waals surface area contributed by atoms with Crippen molar-refractivity contribution in [2.75, 3.05) is 22.6 Å². The lowest BCUT2D eigenvalue weighted by Crippen LogP contribution is -2.28. The molecule has 3 heterocycles. The number of thiophene rings is 1. The van der Waals surface area contributed by atoms with E-state index >= 15 is 0 Å². The Morgan fingerprint density at radius 2 is 1.88 bits per heavy atom. The van der Waals surface area contributed by atoms with Crippen molar-refractivity contribution in [2.45, 2.75) is 31.9 Å². The minimum Gasteiger partial charge on any atom is -0.462 e. The maximum absolute atomic E-state index is 13.0. The summed E-state index contributed by atoms with van der Waals surface area (Å²) in [6.07, 6.45) is 0.427. The molecule has 1 aromatic heterocycles. The molecule has 1 N–H and O–H groups in total. The lowest BCUT2D eigenvalue weighted by atomic mass is 10.1. The van der Waals surface area contributed by atoms with Crippen molar-refractivity contribution in [2.24, 2.45) is 0 Å². The zero-order valence-electron chi connectivity index (χ0n) is 17.2. The van der Waals surface area contributed by atoms with Crippen LogP contribution in [0.3, 0.4) is 0 Å². The van der Waals surface area contributed by atoms with Crippen LogP contribution in [0.5, 0.6) is 0 Å². The summed E-state index contributed by atoms with van der Waals surface area (Å²) in [5.41, 5.74) is 1.24. The first kappa shape index (κ1) is 22.2. The molecular weight excluding hydrogens is 456 g/mol.